The lowest BCUT2D eigenvalue weighted by molar-refractivity contribution is 0.311. The fraction of sp³-hybridized carbons (Fsp3) is 0.429. The van der Waals surface area contributed by atoms with E-state index in [4.69, 9.17) is 16.3 Å². The minimum absolute atomic E-state index is 0.269. The zero-order chi connectivity index (χ0) is 16.1. The van der Waals surface area contributed by atoms with Crippen LogP contribution in [0.1, 0.15) is 0 Å². The maximum atomic E-state index is 12.0. The van der Waals surface area contributed by atoms with Crippen molar-refractivity contribution in [3.63, 3.8) is 0 Å². The van der Waals surface area contributed by atoms with Gasteiger partial charge in [-0.25, -0.2) is 4.98 Å². The average Bonchev–Trinajstić information content (AvgIpc) is 2.46. The number of benzene rings is 1. The number of hydrogen-bond donors (Lipinski definition) is 2. The van der Waals surface area contributed by atoms with Crippen LogP contribution in [-0.4, -0.2) is 55.2 Å². The molecular formula is C14H18BrClN4O2. The van der Waals surface area contributed by atoms with Crippen LogP contribution in [0.25, 0.3) is 10.9 Å². The van der Waals surface area contributed by atoms with Crippen LogP contribution in [-0.2, 0) is 0 Å². The lowest BCUT2D eigenvalue weighted by atomic mass is 10.2. The van der Waals surface area contributed by atoms with Crippen LogP contribution >= 0.6 is 27.5 Å². The van der Waals surface area contributed by atoms with Crippen LogP contribution in [0, 0.1) is 0 Å². The van der Waals surface area contributed by atoms with Crippen LogP contribution in [0.4, 0.5) is 0 Å². The highest BCUT2D eigenvalue weighted by Gasteiger charge is 2.15. The van der Waals surface area contributed by atoms with Gasteiger partial charge in [0, 0.05) is 24.1 Å². The Morgan fingerprint density at radius 2 is 2.23 bits per heavy atom. The summed E-state index contributed by atoms with van der Waals surface area (Å²) in [6.45, 7) is 2.89. The molecule has 1 aromatic heterocycles. The van der Waals surface area contributed by atoms with E-state index in [2.05, 4.69) is 36.1 Å². The number of nitrogens with zero attached hydrogens (tertiary/aromatic N) is 2. The van der Waals surface area contributed by atoms with Crippen LogP contribution in [0.3, 0.4) is 0 Å². The molecule has 0 aliphatic heterocycles. The van der Waals surface area contributed by atoms with E-state index in [1.807, 2.05) is 14.1 Å². The van der Waals surface area contributed by atoms with Gasteiger partial charge in [-0.3, -0.25) is 4.79 Å². The maximum absolute atomic E-state index is 12.0. The number of aromatic amines is 1. The van der Waals surface area contributed by atoms with Crippen molar-refractivity contribution in [2.45, 2.75) is 0 Å². The first kappa shape index (κ1) is 17.2. The minimum atomic E-state index is -0.269. The van der Waals surface area contributed by atoms with E-state index in [9.17, 15) is 4.79 Å². The van der Waals surface area contributed by atoms with E-state index in [-0.39, 0.29) is 5.56 Å². The second-order valence-corrected chi connectivity index (χ2v) is 6.26. The van der Waals surface area contributed by atoms with Crippen LogP contribution < -0.4 is 15.6 Å². The van der Waals surface area contributed by atoms with Crippen molar-refractivity contribution in [1.82, 2.24) is 20.2 Å². The molecule has 2 N–H and O–H groups in total. The summed E-state index contributed by atoms with van der Waals surface area (Å²) in [5, 5.41) is 4.00. The Hall–Kier alpha value is -1.15. The summed E-state index contributed by atoms with van der Waals surface area (Å²) in [7, 11) is 4.04. The summed E-state index contributed by atoms with van der Waals surface area (Å²) in [6.07, 6.45) is 1.36. The third kappa shape index (κ3) is 4.19. The third-order valence-corrected chi connectivity index (χ3v) is 4.27. The van der Waals surface area contributed by atoms with Crippen molar-refractivity contribution in [2.75, 3.05) is 40.3 Å². The first-order chi connectivity index (χ1) is 10.5. The van der Waals surface area contributed by atoms with Gasteiger partial charge in [0.2, 0.25) is 0 Å². The van der Waals surface area contributed by atoms with Gasteiger partial charge in [-0.1, -0.05) is 11.6 Å². The van der Waals surface area contributed by atoms with Crippen molar-refractivity contribution in [2.24, 2.45) is 0 Å². The Labute approximate surface area is 141 Å². The van der Waals surface area contributed by atoms with Crippen LogP contribution in [0.2, 0.25) is 5.02 Å². The summed E-state index contributed by atoms with van der Waals surface area (Å²) >= 11 is 9.60. The molecule has 0 fully saturated rings. The minimum Gasteiger partial charge on any atom is -0.490 e. The molecule has 0 saturated heterocycles. The molecule has 120 valence electrons. The highest BCUT2D eigenvalue weighted by molar-refractivity contribution is 9.10. The van der Waals surface area contributed by atoms with E-state index in [0.717, 1.165) is 13.1 Å². The number of likely N-dealkylation sites (N-methyl/N-ethyl adjacent to an activating group) is 1. The SMILES string of the molecule is CN(C)CCNCCOc1c(Cl)c(Br)cc2nc[nH]c(=O)c12. The summed E-state index contributed by atoms with van der Waals surface area (Å²) < 4.78 is 6.37. The van der Waals surface area contributed by atoms with Crippen molar-refractivity contribution in [3.05, 3.63) is 32.2 Å². The summed E-state index contributed by atoms with van der Waals surface area (Å²) in [4.78, 5) is 20.8. The van der Waals surface area contributed by atoms with E-state index in [0.29, 0.717) is 39.3 Å². The van der Waals surface area contributed by atoms with E-state index in [1.165, 1.54) is 6.33 Å². The normalized spacial score (nSPS) is 11.3. The molecule has 22 heavy (non-hydrogen) atoms. The molecule has 0 spiro atoms. The number of H-pyrrole nitrogens is 1. The Kier molecular flexibility index (Phi) is 6.19. The predicted molar refractivity (Wildman–Crippen MR) is 92.0 cm³/mol. The lowest BCUT2D eigenvalue weighted by Gasteiger charge is -2.13. The largest absolute Gasteiger partial charge is 0.490 e. The molecule has 0 saturated carbocycles. The number of hydrogen-bond acceptors (Lipinski definition) is 5. The van der Waals surface area contributed by atoms with E-state index in [1.54, 1.807) is 6.07 Å². The number of halogens is 2. The molecule has 0 radical (unpaired) electrons. The van der Waals surface area contributed by atoms with E-state index >= 15 is 0 Å². The van der Waals surface area contributed by atoms with Crippen LogP contribution in [0.5, 0.6) is 5.75 Å². The van der Waals surface area contributed by atoms with Gasteiger partial charge in [0.05, 0.1) is 16.9 Å². The molecule has 0 bridgehead atoms. The first-order valence-electron chi connectivity index (χ1n) is 6.84. The van der Waals surface area contributed by atoms with E-state index < -0.39 is 0 Å². The zero-order valence-corrected chi connectivity index (χ0v) is 14.8. The molecule has 0 aliphatic carbocycles. The zero-order valence-electron chi connectivity index (χ0n) is 12.4. The highest BCUT2D eigenvalue weighted by atomic mass is 79.9. The van der Waals surface area contributed by atoms with Crippen molar-refractivity contribution >= 4 is 38.4 Å². The molecule has 0 unspecified atom stereocenters. The van der Waals surface area contributed by atoms with Gasteiger partial charge in [-0.15, -0.1) is 0 Å². The van der Waals surface area contributed by atoms with Gasteiger partial charge in [0.25, 0.3) is 5.56 Å². The van der Waals surface area contributed by atoms with Gasteiger partial charge in [-0.05, 0) is 36.1 Å². The molecule has 8 heteroatoms. The average molecular weight is 390 g/mol. The Balaban J connectivity index is 2.10. The Morgan fingerprint density at radius 1 is 1.45 bits per heavy atom. The quantitative estimate of drug-likeness (QED) is 0.708. The van der Waals surface area contributed by atoms with Crippen molar-refractivity contribution < 1.29 is 4.74 Å². The monoisotopic (exact) mass is 388 g/mol. The standard InChI is InChI=1S/C14H18BrClN4O2/c1-20(2)5-3-17-4-6-22-13-11-10(7-9(15)12(13)16)18-8-19-14(11)21/h7-8,17H,3-6H2,1-2H3,(H,18,19,21). The fourth-order valence-electron chi connectivity index (χ4n) is 1.93. The topological polar surface area (TPSA) is 70.2 Å². The second kappa shape index (κ2) is 7.92. The molecule has 0 atom stereocenters. The van der Waals surface area contributed by atoms with Gasteiger partial charge < -0.3 is 19.9 Å². The molecule has 2 rings (SSSR count). The van der Waals surface area contributed by atoms with Gasteiger partial charge in [0.1, 0.15) is 12.0 Å². The lowest BCUT2D eigenvalue weighted by Crippen LogP contribution is -2.29. The van der Waals surface area contributed by atoms with Gasteiger partial charge >= 0.3 is 0 Å². The second-order valence-electron chi connectivity index (χ2n) is 5.03. The predicted octanol–water partition coefficient (Wildman–Crippen LogP) is 1.87. The molecule has 1 heterocycles. The summed E-state index contributed by atoms with van der Waals surface area (Å²) in [6, 6.07) is 1.70. The maximum Gasteiger partial charge on any atom is 0.262 e. The molecule has 0 amide bonds. The smallest absolute Gasteiger partial charge is 0.262 e. The van der Waals surface area contributed by atoms with Crippen LogP contribution in [0.15, 0.2) is 21.7 Å². The third-order valence-electron chi connectivity index (χ3n) is 3.04. The molecule has 0 aliphatic rings. The van der Waals surface area contributed by atoms with Gasteiger partial charge in [-0.2, -0.15) is 0 Å². The number of aromatic nitrogens is 2. The molecular weight excluding hydrogens is 372 g/mol. The first-order valence-corrected chi connectivity index (χ1v) is 8.01. The number of rotatable bonds is 7. The van der Waals surface area contributed by atoms with Gasteiger partial charge in [0.15, 0.2) is 5.75 Å². The molecule has 1 aromatic carbocycles. The Morgan fingerprint density at radius 3 is 2.95 bits per heavy atom. The van der Waals surface area contributed by atoms with Crippen molar-refractivity contribution in [3.8, 4) is 5.75 Å². The van der Waals surface area contributed by atoms with Crippen molar-refractivity contribution in [1.29, 1.82) is 0 Å². The summed E-state index contributed by atoms with van der Waals surface area (Å²) in [5.74, 6) is 0.356. The fourth-order valence-corrected chi connectivity index (χ4v) is 2.53. The molecule has 2 aromatic rings. The Bertz CT molecular complexity index is 705. The summed E-state index contributed by atoms with van der Waals surface area (Å²) in [5.41, 5.74) is 0.269. The highest BCUT2D eigenvalue weighted by Crippen LogP contribution is 2.36. The number of nitrogens with one attached hydrogen (secondary N) is 2. The number of fused-ring (bicyclic) bond motifs is 1. The molecule has 6 nitrogen and oxygen atoms in total. The number of ether oxygens (including phenoxy) is 1.